The monoisotopic (exact) mass is 383 g/mol. The molecule has 28 heavy (non-hydrogen) atoms. The first-order valence-corrected chi connectivity index (χ1v) is 10.2. The second-order valence-electron chi connectivity index (χ2n) is 7.72. The fourth-order valence-corrected chi connectivity index (χ4v) is 3.90. The minimum absolute atomic E-state index is 0.0575. The van der Waals surface area contributed by atoms with Crippen LogP contribution in [0.1, 0.15) is 89.9 Å². The van der Waals surface area contributed by atoms with Crippen LogP contribution in [0.15, 0.2) is 15.3 Å². The number of nitrogens with one attached hydrogen (secondary N) is 1. The fraction of sp³-hybridized carbons (Fsp3) is 0.545. The van der Waals surface area contributed by atoms with Gasteiger partial charge < -0.3 is 9.73 Å². The Balaban J connectivity index is 1.75. The molecule has 1 unspecified atom stereocenters. The molecular weight excluding hydrogens is 354 g/mol. The van der Waals surface area contributed by atoms with Gasteiger partial charge in [-0.1, -0.05) is 20.3 Å². The summed E-state index contributed by atoms with van der Waals surface area (Å²) in [7, 11) is 0. The van der Waals surface area contributed by atoms with Gasteiger partial charge in [0.2, 0.25) is 0 Å². The minimum Gasteiger partial charge on any atom is -0.427 e. The van der Waals surface area contributed by atoms with Crippen LogP contribution in [0.5, 0.6) is 0 Å². The van der Waals surface area contributed by atoms with Crippen molar-refractivity contribution in [2.24, 2.45) is 0 Å². The van der Waals surface area contributed by atoms with Crippen molar-refractivity contribution in [1.82, 2.24) is 15.3 Å². The Morgan fingerprint density at radius 1 is 1.25 bits per heavy atom. The van der Waals surface area contributed by atoms with E-state index in [9.17, 15) is 9.59 Å². The second kappa shape index (κ2) is 8.67. The van der Waals surface area contributed by atoms with Crippen molar-refractivity contribution in [1.29, 1.82) is 0 Å². The molecule has 3 rings (SSSR count). The van der Waals surface area contributed by atoms with E-state index in [4.69, 9.17) is 4.42 Å². The molecule has 1 atom stereocenters. The van der Waals surface area contributed by atoms with Crippen molar-refractivity contribution >= 4 is 5.91 Å². The fourth-order valence-electron chi connectivity index (χ4n) is 3.90. The van der Waals surface area contributed by atoms with Crippen LogP contribution in [0, 0.1) is 13.8 Å². The molecule has 6 heteroatoms. The normalized spacial score (nSPS) is 14.4. The number of amides is 1. The third-order valence-corrected chi connectivity index (χ3v) is 5.45. The first-order chi connectivity index (χ1) is 13.4. The summed E-state index contributed by atoms with van der Waals surface area (Å²) in [6.07, 6.45) is 6.24. The smallest absolute Gasteiger partial charge is 0.349 e. The highest BCUT2D eigenvalue weighted by Gasteiger charge is 2.20. The molecule has 1 aliphatic rings. The SMILES string of the molecule is CCCC(C)c1cc(C)c(C(=O)NCc2nc(C)c3c(n2)CCCC3)c(=O)o1. The molecule has 1 N–H and O–H groups in total. The number of nitrogens with zero attached hydrogens (tertiary/aromatic N) is 2. The van der Waals surface area contributed by atoms with Gasteiger partial charge in [0.1, 0.15) is 17.1 Å². The topological polar surface area (TPSA) is 85.1 Å². The van der Waals surface area contributed by atoms with Crippen LogP contribution in [0.25, 0.3) is 0 Å². The van der Waals surface area contributed by atoms with E-state index in [1.165, 1.54) is 12.0 Å². The van der Waals surface area contributed by atoms with Gasteiger partial charge in [0.15, 0.2) is 0 Å². The van der Waals surface area contributed by atoms with Gasteiger partial charge in [-0.25, -0.2) is 14.8 Å². The van der Waals surface area contributed by atoms with Crippen LogP contribution >= 0.6 is 0 Å². The predicted octanol–water partition coefficient (Wildman–Crippen LogP) is 3.76. The van der Waals surface area contributed by atoms with Gasteiger partial charge in [0.25, 0.3) is 5.91 Å². The van der Waals surface area contributed by atoms with Crippen molar-refractivity contribution in [3.8, 4) is 0 Å². The van der Waals surface area contributed by atoms with E-state index < -0.39 is 11.5 Å². The standard InChI is InChI=1S/C22H29N3O3/c1-5-8-13(2)18-11-14(3)20(22(27)28-18)21(26)23-12-19-24-15(4)16-9-6-7-10-17(16)25-19/h11,13H,5-10,12H2,1-4H3,(H,23,26). The molecule has 1 amide bonds. The molecule has 0 spiro atoms. The van der Waals surface area contributed by atoms with Crippen molar-refractivity contribution in [2.45, 2.75) is 78.7 Å². The van der Waals surface area contributed by atoms with Crippen molar-refractivity contribution in [3.63, 3.8) is 0 Å². The molecular formula is C22H29N3O3. The van der Waals surface area contributed by atoms with Crippen LogP contribution in [0.4, 0.5) is 0 Å². The average Bonchev–Trinajstić information content (AvgIpc) is 2.66. The maximum Gasteiger partial charge on any atom is 0.349 e. The molecule has 6 nitrogen and oxygen atoms in total. The Bertz CT molecular complexity index is 933. The number of hydrogen-bond acceptors (Lipinski definition) is 5. The average molecular weight is 383 g/mol. The molecule has 0 fully saturated rings. The zero-order valence-electron chi connectivity index (χ0n) is 17.2. The third-order valence-electron chi connectivity index (χ3n) is 5.45. The van der Waals surface area contributed by atoms with Crippen LogP contribution < -0.4 is 10.9 Å². The summed E-state index contributed by atoms with van der Waals surface area (Å²) < 4.78 is 5.42. The molecule has 0 bridgehead atoms. The summed E-state index contributed by atoms with van der Waals surface area (Å²) in [5.41, 5.74) is 3.43. The molecule has 2 heterocycles. The van der Waals surface area contributed by atoms with E-state index in [0.29, 0.717) is 17.1 Å². The summed E-state index contributed by atoms with van der Waals surface area (Å²) in [6, 6.07) is 1.80. The first-order valence-electron chi connectivity index (χ1n) is 10.2. The lowest BCUT2D eigenvalue weighted by atomic mass is 9.95. The number of carbonyl (C=O) groups excluding carboxylic acids is 1. The van der Waals surface area contributed by atoms with Crippen LogP contribution in [-0.4, -0.2) is 15.9 Å². The summed E-state index contributed by atoms with van der Waals surface area (Å²) in [6.45, 7) is 8.07. The van der Waals surface area contributed by atoms with E-state index in [1.54, 1.807) is 13.0 Å². The van der Waals surface area contributed by atoms with Crippen LogP contribution in [0.2, 0.25) is 0 Å². The number of rotatable bonds is 6. The van der Waals surface area contributed by atoms with Gasteiger partial charge in [-0.2, -0.15) is 0 Å². The molecule has 2 aromatic heterocycles. The van der Waals surface area contributed by atoms with Crippen molar-refractivity contribution < 1.29 is 9.21 Å². The van der Waals surface area contributed by atoms with E-state index in [-0.39, 0.29) is 18.0 Å². The summed E-state index contributed by atoms with van der Waals surface area (Å²) in [5.74, 6) is 0.927. The van der Waals surface area contributed by atoms with Crippen molar-refractivity contribution in [3.05, 3.63) is 56.1 Å². The first kappa shape index (κ1) is 20.2. The Morgan fingerprint density at radius 2 is 2.00 bits per heavy atom. The number of hydrogen-bond donors (Lipinski definition) is 1. The summed E-state index contributed by atoms with van der Waals surface area (Å²) in [5, 5.41) is 2.78. The lowest BCUT2D eigenvalue weighted by Gasteiger charge is -2.17. The largest absolute Gasteiger partial charge is 0.427 e. The number of carbonyl (C=O) groups is 1. The molecule has 1 aliphatic carbocycles. The Hall–Kier alpha value is -2.50. The molecule has 0 aromatic carbocycles. The van der Waals surface area contributed by atoms with E-state index in [2.05, 4.69) is 22.2 Å². The van der Waals surface area contributed by atoms with E-state index in [0.717, 1.165) is 43.5 Å². The summed E-state index contributed by atoms with van der Waals surface area (Å²) >= 11 is 0. The Labute approximate surface area is 165 Å². The van der Waals surface area contributed by atoms with Gasteiger partial charge in [0.05, 0.1) is 6.54 Å². The molecule has 0 saturated heterocycles. The van der Waals surface area contributed by atoms with Gasteiger partial charge >= 0.3 is 5.63 Å². The highest BCUT2D eigenvalue weighted by atomic mass is 16.4. The highest BCUT2D eigenvalue weighted by molar-refractivity contribution is 5.95. The number of aromatic nitrogens is 2. The molecule has 0 saturated carbocycles. The molecule has 0 aliphatic heterocycles. The van der Waals surface area contributed by atoms with Gasteiger partial charge in [-0.05, 0) is 63.1 Å². The maximum atomic E-state index is 12.6. The number of aryl methyl sites for hydroxylation is 3. The van der Waals surface area contributed by atoms with Gasteiger partial charge in [-0.3, -0.25) is 4.79 Å². The minimum atomic E-state index is -0.585. The van der Waals surface area contributed by atoms with Gasteiger partial charge in [0, 0.05) is 17.3 Å². The Morgan fingerprint density at radius 3 is 2.71 bits per heavy atom. The van der Waals surface area contributed by atoms with Gasteiger partial charge in [-0.15, -0.1) is 0 Å². The predicted molar refractivity (Wildman–Crippen MR) is 108 cm³/mol. The molecule has 0 radical (unpaired) electrons. The highest BCUT2D eigenvalue weighted by Crippen LogP contribution is 2.22. The maximum absolute atomic E-state index is 12.6. The van der Waals surface area contributed by atoms with Crippen LogP contribution in [-0.2, 0) is 19.4 Å². The third kappa shape index (κ3) is 4.32. The summed E-state index contributed by atoms with van der Waals surface area (Å²) in [4.78, 5) is 34.2. The molecule has 2 aromatic rings. The van der Waals surface area contributed by atoms with E-state index in [1.807, 2.05) is 13.8 Å². The Kier molecular flexibility index (Phi) is 6.27. The second-order valence-corrected chi connectivity index (χ2v) is 7.72. The zero-order valence-corrected chi connectivity index (χ0v) is 17.2. The van der Waals surface area contributed by atoms with Crippen molar-refractivity contribution in [2.75, 3.05) is 0 Å². The lowest BCUT2D eigenvalue weighted by molar-refractivity contribution is 0.0944. The quantitative estimate of drug-likeness (QED) is 0.821. The molecule has 150 valence electrons. The number of fused-ring (bicyclic) bond motifs is 1. The lowest BCUT2D eigenvalue weighted by Crippen LogP contribution is -2.30. The van der Waals surface area contributed by atoms with E-state index >= 15 is 0 Å². The van der Waals surface area contributed by atoms with Crippen LogP contribution in [0.3, 0.4) is 0 Å². The zero-order chi connectivity index (χ0) is 20.3.